The van der Waals surface area contributed by atoms with Gasteiger partial charge in [-0.25, -0.2) is 4.79 Å². The first kappa shape index (κ1) is 14.7. The van der Waals surface area contributed by atoms with Crippen LogP contribution in [0.2, 0.25) is 0 Å². The van der Waals surface area contributed by atoms with Gasteiger partial charge in [-0.2, -0.15) is 0 Å². The maximum Gasteiger partial charge on any atom is 0.320 e. The first-order valence-electron chi connectivity index (χ1n) is 5.64. The number of rotatable bonds is 5. The monoisotopic (exact) mass is 272 g/mol. The lowest BCUT2D eigenvalue weighted by molar-refractivity contribution is -0.141. The molecule has 1 atom stereocenters. The van der Waals surface area contributed by atoms with E-state index in [4.69, 9.17) is 16.6 Å². The number of carboxylic acids is 1. The highest BCUT2D eigenvalue weighted by atomic mass is 16.4. The molecule has 0 saturated carbocycles. The highest BCUT2D eigenvalue weighted by Crippen LogP contribution is 2.17. The third-order valence-corrected chi connectivity index (χ3v) is 2.77. The van der Waals surface area contributed by atoms with Crippen LogP contribution in [0.4, 0.5) is 4.79 Å². The molecule has 1 fully saturated rings. The summed E-state index contributed by atoms with van der Waals surface area (Å²) in [5, 5.41) is 8.84. The van der Waals surface area contributed by atoms with Crippen LogP contribution < -0.4 is 11.5 Å². The molecule has 1 rings (SSSR count). The number of aliphatic carboxylic acids is 1. The molecule has 106 valence electrons. The predicted octanol–water partition coefficient (Wildman–Crippen LogP) is -2.21. The van der Waals surface area contributed by atoms with Crippen LogP contribution in [-0.2, 0) is 14.4 Å². The molecule has 9 nitrogen and oxygen atoms in total. The van der Waals surface area contributed by atoms with Gasteiger partial charge in [-0.3, -0.25) is 14.4 Å². The summed E-state index contributed by atoms with van der Waals surface area (Å²) in [4.78, 5) is 46.7. The summed E-state index contributed by atoms with van der Waals surface area (Å²) in [6.45, 7) is -0.571. The van der Waals surface area contributed by atoms with Gasteiger partial charge >= 0.3 is 12.0 Å². The summed E-state index contributed by atoms with van der Waals surface area (Å²) in [5.41, 5.74) is 9.97. The highest BCUT2D eigenvalue weighted by molar-refractivity contribution is 5.87. The molecule has 1 unspecified atom stereocenters. The van der Waals surface area contributed by atoms with E-state index in [1.807, 2.05) is 0 Å². The zero-order chi connectivity index (χ0) is 14.6. The Balaban J connectivity index is 2.69. The second-order valence-corrected chi connectivity index (χ2v) is 4.34. The summed E-state index contributed by atoms with van der Waals surface area (Å²) in [6, 6.07) is -0.610. The second kappa shape index (κ2) is 6.03. The van der Waals surface area contributed by atoms with E-state index in [0.29, 0.717) is 6.42 Å². The normalized spacial score (nSPS) is 18.1. The van der Waals surface area contributed by atoms with Crippen LogP contribution in [0.5, 0.6) is 0 Å². The quantitative estimate of drug-likeness (QED) is 0.519. The fourth-order valence-corrected chi connectivity index (χ4v) is 1.90. The van der Waals surface area contributed by atoms with Crippen LogP contribution in [0.1, 0.15) is 6.42 Å². The first-order chi connectivity index (χ1) is 8.81. The Bertz CT molecular complexity index is 395. The molecule has 0 aromatic heterocycles. The Morgan fingerprint density at radius 3 is 2.05 bits per heavy atom. The molecule has 9 heteroatoms. The van der Waals surface area contributed by atoms with Crippen LogP contribution >= 0.6 is 0 Å². The zero-order valence-electron chi connectivity index (χ0n) is 10.2. The van der Waals surface area contributed by atoms with E-state index >= 15 is 0 Å². The van der Waals surface area contributed by atoms with Gasteiger partial charge in [-0.05, 0) is 6.42 Å². The average Bonchev–Trinajstić information content (AvgIpc) is 2.75. The largest absolute Gasteiger partial charge is 0.481 e. The molecule has 0 aromatic rings. The van der Waals surface area contributed by atoms with Crippen LogP contribution in [0.3, 0.4) is 0 Å². The molecule has 1 heterocycles. The molecule has 1 saturated heterocycles. The molecule has 0 radical (unpaired) electrons. The van der Waals surface area contributed by atoms with E-state index in [1.54, 1.807) is 0 Å². The van der Waals surface area contributed by atoms with Gasteiger partial charge in [0.2, 0.25) is 11.8 Å². The minimum Gasteiger partial charge on any atom is -0.481 e. The van der Waals surface area contributed by atoms with E-state index in [2.05, 4.69) is 0 Å². The van der Waals surface area contributed by atoms with Gasteiger partial charge in [0.05, 0.1) is 5.92 Å². The summed E-state index contributed by atoms with van der Waals surface area (Å²) in [6.07, 6.45) is 0.335. The van der Waals surface area contributed by atoms with Crippen molar-refractivity contribution in [1.82, 2.24) is 9.80 Å². The lowest BCUT2D eigenvalue weighted by Crippen LogP contribution is -2.49. The number of nitrogens with two attached hydrogens (primary N) is 2. The number of urea groups is 1. The Morgan fingerprint density at radius 1 is 1.16 bits per heavy atom. The minimum absolute atomic E-state index is 0.0438. The summed E-state index contributed by atoms with van der Waals surface area (Å²) < 4.78 is 0. The first-order valence-corrected chi connectivity index (χ1v) is 5.64. The maximum absolute atomic E-state index is 12.0. The summed E-state index contributed by atoms with van der Waals surface area (Å²) in [7, 11) is 0. The predicted molar refractivity (Wildman–Crippen MR) is 62.7 cm³/mol. The average molecular weight is 272 g/mol. The minimum atomic E-state index is -0.980. The Kier molecular flexibility index (Phi) is 4.67. The van der Waals surface area contributed by atoms with Crippen LogP contribution in [0.25, 0.3) is 0 Å². The van der Waals surface area contributed by atoms with Crippen molar-refractivity contribution in [3.8, 4) is 0 Å². The Hall–Kier alpha value is -2.32. The van der Waals surface area contributed by atoms with Crippen LogP contribution in [0.15, 0.2) is 0 Å². The van der Waals surface area contributed by atoms with Crippen LogP contribution in [0, 0.1) is 5.92 Å². The number of amides is 4. The van der Waals surface area contributed by atoms with Crippen molar-refractivity contribution in [2.75, 3.05) is 26.2 Å². The van der Waals surface area contributed by atoms with Gasteiger partial charge in [-0.15, -0.1) is 0 Å². The third kappa shape index (κ3) is 4.12. The number of nitrogens with zero attached hydrogens (tertiary/aromatic N) is 2. The topological polar surface area (TPSA) is 147 Å². The van der Waals surface area contributed by atoms with Crippen molar-refractivity contribution in [3.63, 3.8) is 0 Å². The molecule has 0 bridgehead atoms. The zero-order valence-corrected chi connectivity index (χ0v) is 10.2. The van der Waals surface area contributed by atoms with Crippen molar-refractivity contribution < 1.29 is 24.3 Å². The van der Waals surface area contributed by atoms with E-state index in [0.717, 1.165) is 4.90 Å². The SMILES string of the molecule is NC(=O)CN(CC(N)=O)C(=O)N1CCC(C(=O)O)C1. The molecule has 0 aromatic carbocycles. The fourth-order valence-electron chi connectivity index (χ4n) is 1.90. The van der Waals surface area contributed by atoms with Gasteiger partial charge in [0.15, 0.2) is 0 Å². The Labute approximate surface area is 109 Å². The van der Waals surface area contributed by atoms with Gasteiger partial charge in [0, 0.05) is 13.1 Å². The van der Waals surface area contributed by atoms with Gasteiger partial charge in [0.25, 0.3) is 0 Å². The maximum atomic E-state index is 12.0. The van der Waals surface area contributed by atoms with Crippen LogP contribution in [-0.4, -0.2) is 64.9 Å². The number of hydrogen-bond donors (Lipinski definition) is 3. The Morgan fingerprint density at radius 2 is 1.68 bits per heavy atom. The standard InChI is InChI=1S/C10H16N4O5/c11-7(15)4-14(5-8(12)16)10(19)13-2-1-6(3-13)9(17)18/h6H,1-5H2,(H2,11,15)(H2,12,16)(H,17,18). The smallest absolute Gasteiger partial charge is 0.320 e. The van der Waals surface area contributed by atoms with E-state index in [9.17, 15) is 19.2 Å². The lowest BCUT2D eigenvalue weighted by Gasteiger charge is -2.25. The fraction of sp³-hybridized carbons (Fsp3) is 0.600. The molecule has 0 spiro atoms. The van der Waals surface area contributed by atoms with E-state index in [1.165, 1.54) is 4.90 Å². The molecular formula is C10H16N4O5. The van der Waals surface area contributed by atoms with E-state index in [-0.39, 0.29) is 13.1 Å². The van der Waals surface area contributed by atoms with Crippen molar-refractivity contribution in [2.45, 2.75) is 6.42 Å². The van der Waals surface area contributed by atoms with Crippen molar-refractivity contribution in [1.29, 1.82) is 0 Å². The molecule has 0 aliphatic carbocycles. The molecule has 4 amide bonds. The van der Waals surface area contributed by atoms with Crippen molar-refractivity contribution in [3.05, 3.63) is 0 Å². The van der Waals surface area contributed by atoms with Crippen molar-refractivity contribution in [2.24, 2.45) is 17.4 Å². The number of carbonyl (C=O) groups excluding carboxylic acids is 3. The van der Waals surface area contributed by atoms with Crippen molar-refractivity contribution >= 4 is 23.8 Å². The van der Waals surface area contributed by atoms with E-state index < -0.39 is 42.8 Å². The summed E-state index contributed by atoms with van der Waals surface area (Å²) >= 11 is 0. The molecular weight excluding hydrogens is 256 g/mol. The molecule has 5 N–H and O–H groups in total. The summed E-state index contributed by atoms with van der Waals surface area (Å²) in [5.74, 6) is -3.16. The van der Waals surface area contributed by atoms with Gasteiger partial charge < -0.3 is 26.4 Å². The number of primary amides is 2. The number of carboxylic acid groups (broad SMARTS) is 1. The number of hydrogen-bond acceptors (Lipinski definition) is 4. The third-order valence-electron chi connectivity index (χ3n) is 2.77. The highest BCUT2D eigenvalue weighted by Gasteiger charge is 2.33. The van der Waals surface area contributed by atoms with Gasteiger partial charge in [-0.1, -0.05) is 0 Å². The molecule has 19 heavy (non-hydrogen) atoms. The number of carbonyl (C=O) groups is 4. The number of likely N-dealkylation sites (tertiary alicyclic amines) is 1. The molecule has 1 aliphatic heterocycles. The molecule has 1 aliphatic rings. The van der Waals surface area contributed by atoms with Gasteiger partial charge in [0.1, 0.15) is 13.1 Å². The second-order valence-electron chi connectivity index (χ2n) is 4.34. The lowest BCUT2D eigenvalue weighted by atomic mass is 10.1.